The van der Waals surface area contributed by atoms with Crippen LogP contribution in [0.25, 0.3) is 0 Å². The van der Waals surface area contributed by atoms with Gasteiger partial charge >= 0.3 is 0 Å². The van der Waals surface area contributed by atoms with E-state index in [1.54, 1.807) is 0 Å². The van der Waals surface area contributed by atoms with Crippen molar-refractivity contribution in [1.29, 1.82) is 0 Å². The van der Waals surface area contributed by atoms with Gasteiger partial charge in [0.2, 0.25) is 5.91 Å². The van der Waals surface area contributed by atoms with Gasteiger partial charge in [-0.3, -0.25) is 4.79 Å². The number of hydrogen-bond donors (Lipinski definition) is 1. The van der Waals surface area contributed by atoms with E-state index in [4.69, 9.17) is 11.6 Å². The predicted octanol–water partition coefficient (Wildman–Crippen LogP) is 2.10. The molecule has 74 valence electrons. The maximum absolute atomic E-state index is 11.3. The van der Waals surface area contributed by atoms with Crippen LogP contribution in [0.3, 0.4) is 0 Å². The van der Waals surface area contributed by atoms with Gasteiger partial charge in [-0.2, -0.15) is 0 Å². The van der Waals surface area contributed by atoms with Crippen molar-refractivity contribution in [2.24, 2.45) is 0 Å². The predicted molar refractivity (Wildman–Crippen MR) is 58.1 cm³/mol. The fraction of sp³-hybridized carbons (Fsp3) is 0.182. The lowest BCUT2D eigenvalue weighted by molar-refractivity contribution is -0.117. The van der Waals surface area contributed by atoms with E-state index in [0.29, 0.717) is 12.1 Å². The third-order valence-corrected chi connectivity index (χ3v) is 2.10. The van der Waals surface area contributed by atoms with Crippen molar-refractivity contribution >= 4 is 17.5 Å². The Balaban J connectivity index is 2.42. The second-order valence-corrected chi connectivity index (χ2v) is 3.17. The topological polar surface area (TPSA) is 29.1 Å². The van der Waals surface area contributed by atoms with E-state index in [1.165, 1.54) is 0 Å². The quantitative estimate of drug-likeness (QED) is 0.597. The molecule has 0 spiro atoms. The van der Waals surface area contributed by atoms with E-state index in [0.717, 1.165) is 5.56 Å². The third kappa shape index (κ3) is 3.23. The highest BCUT2D eigenvalue weighted by Crippen LogP contribution is 1.99. The van der Waals surface area contributed by atoms with Gasteiger partial charge in [-0.25, -0.2) is 0 Å². The number of amides is 1. The molecule has 0 fully saturated rings. The van der Waals surface area contributed by atoms with Crippen LogP contribution in [0, 0.1) is 0 Å². The van der Waals surface area contributed by atoms with Gasteiger partial charge in [0.25, 0.3) is 0 Å². The Morgan fingerprint density at radius 3 is 2.57 bits per heavy atom. The van der Waals surface area contributed by atoms with Gasteiger partial charge in [-0.15, -0.1) is 11.6 Å². The third-order valence-electron chi connectivity index (χ3n) is 1.78. The van der Waals surface area contributed by atoms with Gasteiger partial charge in [0.1, 0.15) is 0 Å². The first-order chi connectivity index (χ1) is 6.74. The molecule has 1 rings (SSSR count). The molecule has 1 aromatic rings. The molecular formula is C11H12ClNO. The Kier molecular flexibility index (Phi) is 4.20. The minimum Gasteiger partial charge on any atom is -0.348 e. The molecular weight excluding hydrogens is 198 g/mol. The van der Waals surface area contributed by atoms with Crippen molar-refractivity contribution in [2.75, 3.05) is 5.88 Å². The van der Waals surface area contributed by atoms with Crippen LogP contribution in [-0.4, -0.2) is 11.8 Å². The highest BCUT2D eigenvalue weighted by Gasteiger charge is 2.03. The van der Waals surface area contributed by atoms with Crippen LogP contribution >= 0.6 is 11.6 Å². The van der Waals surface area contributed by atoms with Gasteiger partial charge in [0, 0.05) is 12.1 Å². The van der Waals surface area contributed by atoms with Crippen LogP contribution in [0.4, 0.5) is 0 Å². The zero-order valence-electron chi connectivity index (χ0n) is 7.79. The van der Waals surface area contributed by atoms with Gasteiger partial charge < -0.3 is 5.32 Å². The smallest absolute Gasteiger partial charge is 0.248 e. The van der Waals surface area contributed by atoms with Crippen molar-refractivity contribution in [1.82, 2.24) is 5.32 Å². The highest BCUT2D eigenvalue weighted by atomic mass is 35.5. The van der Waals surface area contributed by atoms with E-state index < -0.39 is 0 Å². The van der Waals surface area contributed by atoms with Crippen molar-refractivity contribution in [3.8, 4) is 0 Å². The summed E-state index contributed by atoms with van der Waals surface area (Å²) in [6, 6.07) is 9.69. The molecule has 3 heteroatoms. The zero-order valence-corrected chi connectivity index (χ0v) is 8.55. The molecule has 0 radical (unpaired) electrons. The molecule has 0 unspecified atom stereocenters. The van der Waals surface area contributed by atoms with Crippen LogP contribution < -0.4 is 5.32 Å². The summed E-state index contributed by atoms with van der Waals surface area (Å²) in [5, 5.41) is 2.73. The summed E-state index contributed by atoms with van der Waals surface area (Å²) in [5.74, 6) is -0.0236. The number of rotatable bonds is 4. The molecule has 0 aliphatic rings. The first kappa shape index (κ1) is 10.8. The molecule has 0 aliphatic heterocycles. The second kappa shape index (κ2) is 5.45. The fourth-order valence-corrected chi connectivity index (χ4v) is 1.09. The SMILES string of the molecule is C=C(CCl)C(=O)NCc1ccccc1. The summed E-state index contributed by atoms with van der Waals surface area (Å²) < 4.78 is 0. The maximum Gasteiger partial charge on any atom is 0.248 e. The molecule has 1 N–H and O–H groups in total. The molecule has 14 heavy (non-hydrogen) atoms. The summed E-state index contributed by atoms with van der Waals surface area (Å²) in [7, 11) is 0. The Bertz CT molecular complexity index is 321. The molecule has 0 aromatic heterocycles. The van der Waals surface area contributed by atoms with Crippen LogP contribution in [0.1, 0.15) is 5.56 Å². The normalized spacial score (nSPS) is 9.50. The molecule has 0 saturated heterocycles. The Labute approximate surface area is 88.6 Å². The van der Waals surface area contributed by atoms with Crippen molar-refractivity contribution in [3.05, 3.63) is 48.0 Å². The second-order valence-electron chi connectivity index (χ2n) is 2.91. The highest BCUT2D eigenvalue weighted by molar-refractivity contribution is 6.22. The summed E-state index contributed by atoms with van der Waals surface area (Å²) in [6.07, 6.45) is 0. The molecule has 0 heterocycles. The molecule has 0 bridgehead atoms. The van der Waals surface area contributed by atoms with E-state index in [1.807, 2.05) is 30.3 Å². The Morgan fingerprint density at radius 2 is 2.00 bits per heavy atom. The minimum atomic E-state index is -0.191. The average molecular weight is 210 g/mol. The molecule has 2 nitrogen and oxygen atoms in total. The van der Waals surface area contributed by atoms with E-state index in [2.05, 4.69) is 11.9 Å². The van der Waals surface area contributed by atoms with Crippen molar-refractivity contribution < 1.29 is 4.79 Å². The number of halogens is 1. The Hall–Kier alpha value is -1.28. The van der Waals surface area contributed by atoms with Crippen molar-refractivity contribution in [2.45, 2.75) is 6.54 Å². The minimum absolute atomic E-state index is 0.167. The van der Waals surface area contributed by atoms with Gasteiger partial charge in [-0.05, 0) is 5.56 Å². The van der Waals surface area contributed by atoms with Crippen LogP contribution in [0.2, 0.25) is 0 Å². The first-order valence-electron chi connectivity index (χ1n) is 4.30. The van der Waals surface area contributed by atoms with Gasteiger partial charge in [-0.1, -0.05) is 36.9 Å². The first-order valence-corrected chi connectivity index (χ1v) is 4.83. The fourth-order valence-electron chi connectivity index (χ4n) is 0.964. The lowest BCUT2D eigenvalue weighted by atomic mass is 10.2. The van der Waals surface area contributed by atoms with E-state index >= 15 is 0 Å². The summed E-state index contributed by atoms with van der Waals surface area (Å²) in [6.45, 7) is 4.05. The van der Waals surface area contributed by atoms with Gasteiger partial charge in [0.15, 0.2) is 0 Å². The molecule has 1 aromatic carbocycles. The molecule has 0 aliphatic carbocycles. The maximum atomic E-state index is 11.3. The zero-order chi connectivity index (χ0) is 10.4. The molecule has 1 amide bonds. The summed E-state index contributed by atoms with van der Waals surface area (Å²) >= 11 is 5.47. The van der Waals surface area contributed by atoms with Gasteiger partial charge in [0.05, 0.1) is 5.88 Å². The van der Waals surface area contributed by atoms with Crippen LogP contribution in [0.15, 0.2) is 42.5 Å². The number of hydrogen-bond acceptors (Lipinski definition) is 1. The summed E-state index contributed by atoms with van der Waals surface area (Å²) in [4.78, 5) is 11.3. The van der Waals surface area contributed by atoms with E-state index in [-0.39, 0.29) is 11.8 Å². The molecule has 0 saturated carbocycles. The van der Waals surface area contributed by atoms with Crippen LogP contribution in [-0.2, 0) is 11.3 Å². The number of benzene rings is 1. The molecule has 0 atom stereocenters. The number of carbonyl (C=O) groups is 1. The van der Waals surface area contributed by atoms with E-state index in [9.17, 15) is 4.79 Å². The van der Waals surface area contributed by atoms with Crippen LogP contribution in [0.5, 0.6) is 0 Å². The lowest BCUT2D eigenvalue weighted by Crippen LogP contribution is -2.24. The van der Waals surface area contributed by atoms with Crippen molar-refractivity contribution in [3.63, 3.8) is 0 Å². The number of carbonyl (C=O) groups excluding carboxylic acids is 1. The Morgan fingerprint density at radius 1 is 1.36 bits per heavy atom. The monoisotopic (exact) mass is 209 g/mol. The number of alkyl halides is 1. The average Bonchev–Trinajstić information content (AvgIpc) is 2.26. The number of nitrogens with one attached hydrogen (secondary N) is 1. The summed E-state index contributed by atoms with van der Waals surface area (Å²) in [5.41, 5.74) is 1.45. The standard InChI is InChI=1S/C11H12ClNO/c1-9(7-12)11(14)13-8-10-5-3-2-4-6-10/h2-6H,1,7-8H2,(H,13,14). The lowest BCUT2D eigenvalue weighted by Gasteiger charge is -2.04. The largest absolute Gasteiger partial charge is 0.348 e.